The van der Waals surface area contributed by atoms with E-state index in [4.69, 9.17) is 4.74 Å². The molecule has 1 aromatic heterocycles. The van der Waals surface area contributed by atoms with Gasteiger partial charge in [0, 0.05) is 37.4 Å². The molecular weight excluding hydrogens is 374 g/mol. The molecule has 5 nitrogen and oxygen atoms in total. The van der Waals surface area contributed by atoms with E-state index < -0.39 is 0 Å². The number of hydrogen-bond donors (Lipinski definition) is 0. The van der Waals surface area contributed by atoms with E-state index in [1.165, 1.54) is 30.8 Å². The first kappa shape index (κ1) is 19.7. The predicted octanol–water partition coefficient (Wildman–Crippen LogP) is 4.44. The Bertz CT molecular complexity index is 901. The molecule has 0 unspecified atom stereocenters. The molecule has 0 N–H and O–H groups in total. The second-order valence-corrected chi connectivity index (χ2v) is 9.52. The van der Waals surface area contributed by atoms with E-state index in [1.54, 1.807) is 7.11 Å². The molecule has 30 heavy (non-hydrogen) atoms. The summed E-state index contributed by atoms with van der Waals surface area (Å²) in [5.74, 6) is 3.90. The highest BCUT2D eigenvalue weighted by atomic mass is 16.5. The van der Waals surface area contributed by atoms with Gasteiger partial charge in [-0.1, -0.05) is 12.1 Å². The number of ether oxygens (including phenoxy) is 1. The van der Waals surface area contributed by atoms with Crippen LogP contribution in [0, 0.1) is 12.8 Å². The summed E-state index contributed by atoms with van der Waals surface area (Å²) >= 11 is 0. The molecule has 5 rings (SSSR count). The van der Waals surface area contributed by atoms with Gasteiger partial charge in [-0.05, 0) is 75.5 Å². The first-order valence-electron chi connectivity index (χ1n) is 11.6. The van der Waals surface area contributed by atoms with Crippen molar-refractivity contribution in [3.63, 3.8) is 0 Å². The fraction of sp³-hybridized carbons (Fsp3) is 0.600. The highest BCUT2D eigenvalue weighted by Crippen LogP contribution is 2.50. The molecule has 2 saturated carbocycles. The lowest BCUT2D eigenvalue weighted by Gasteiger charge is -2.35. The fourth-order valence-electron chi connectivity index (χ4n) is 5.14. The molecular formula is C25H33N3O2. The first-order chi connectivity index (χ1) is 14.6. The average Bonchev–Trinajstić information content (AvgIpc) is 3.71. The molecule has 5 heteroatoms. The Labute approximate surface area is 179 Å². The normalized spacial score (nSPS) is 20.9. The zero-order valence-electron chi connectivity index (χ0n) is 18.3. The maximum absolute atomic E-state index is 13.3. The van der Waals surface area contributed by atoms with Crippen molar-refractivity contribution in [3.8, 4) is 5.75 Å². The van der Waals surface area contributed by atoms with Crippen LogP contribution in [-0.4, -0.2) is 40.6 Å². The molecule has 0 atom stereocenters. The monoisotopic (exact) mass is 407 g/mol. The Morgan fingerprint density at radius 2 is 1.83 bits per heavy atom. The number of hydrogen-bond acceptors (Lipinski definition) is 3. The van der Waals surface area contributed by atoms with Crippen molar-refractivity contribution >= 4 is 5.91 Å². The number of rotatable bonds is 7. The van der Waals surface area contributed by atoms with Crippen LogP contribution in [0.5, 0.6) is 5.75 Å². The number of piperidine rings is 1. The number of carbonyl (C=O) groups is 1. The Morgan fingerprint density at radius 1 is 1.13 bits per heavy atom. The molecule has 0 bridgehead atoms. The van der Waals surface area contributed by atoms with Crippen LogP contribution in [-0.2, 0) is 16.8 Å². The maximum Gasteiger partial charge on any atom is 0.233 e. The average molecular weight is 408 g/mol. The van der Waals surface area contributed by atoms with Crippen molar-refractivity contribution in [2.24, 2.45) is 5.92 Å². The first-order valence-corrected chi connectivity index (χ1v) is 11.6. The number of aryl methyl sites for hydroxylation is 1. The Morgan fingerprint density at radius 3 is 2.43 bits per heavy atom. The Kier molecular flexibility index (Phi) is 5.08. The zero-order valence-corrected chi connectivity index (χ0v) is 18.3. The van der Waals surface area contributed by atoms with Gasteiger partial charge in [0.2, 0.25) is 5.91 Å². The third-order valence-corrected chi connectivity index (χ3v) is 7.49. The third kappa shape index (κ3) is 3.63. The number of methoxy groups -OCH3 is 1. The molecule has 3 aliphatic rings. The van der Waals surface area contributed by atoms with Gasteiger partial charge in [-0.2, -0.15) is 0 Å². The highest BCUT2D eigenvalue weighted by Gasteiger charge is 2.53. The lowest BCUT2D eigenvalue weighted by Crippen LogP contribution is -2.44. The molecule has 2 heterocycles. The molecule has 1 amide bonds. The Balaban J connectivity index is 1.16. The summed E-state index contributed by atoms with van der Waals surface area (Å²) < 4.78 is 7.71. The Hall–Kier alpha value is -2.30. The smallest absolute Gasteiger partial charge is 0.233 e. The van der Waals surface area contributed by atoms with Gasteiger partial charge in [0.15, 0.2) is 0 Å². The fourth-order valence-corrected chi connectivity index (χ4v) is 5.14. The number of aromatic nitrogens is 2. The molecule has 3 fully saturated rings. The van der Waals surface area contributed by atoms with Crippen molar-refractivity contribution in [2.75, 3.05) is 20.2 Å². The standard InChI is InChI=1S/C25H33N3O2/c1-18-17-26-23(20-3-4-20)28(18)16-11-19-9-14-27(15-10-19)24(29)25(12-13-25)21-5-7-22(30-2)8-6-21/h5-8,17,19-20H,3-4,9-16H2,1-2H3. The molecule has 2 aromatic rings. The van der Waals surface area contributed by atoms with E-state index in [-0.39, 0.29) is 5.41 Å². The van der Waals surface area contributed by atoms with Crippen molar-refractivity contribution < 1.29 is 9.53 Å². The summed E-state index contributed by atoms with van der Waals surface area (Å²) in [6.07, 6.45) is 10.0. The van der Waals surface area contributed by atoms with E-state index in [2.05, 4.69) is 33.5 Å². The van der Waals surface area contributed by atoms with Gasteiger partial charge in [0.1, 0.15) is 11.6 Å². The summed E-state index contributed by atoms with van der Waals surface area (Å²) in [5, 5.41) is 0. The van der Waals surface area contributed by atoms with Crippen LogP contribution in [0.3, 0.4) is 0 Å². The summed E-state index contributed by atoms with van der Waals surface area (Å²) in [6, 6.07) is 8.09. The number of nitrogens with zero attached hydrogens (tertiary/aromatic N) is 3. The lowest BCUT2D eigenvalue weighted by molar-refractivity contribution is -0.135. The molecule has 160 valence electrons. The van der Waals surface area contributed by atoms with Crippen LogP contribution in [0.25, 0.3) is 0 Å². The summed E-state index contributed by atoms with van der Waals surface area (Å²) in [6.45, 7) is 5.06. The van der Waals surface area contributed by atoms with Crippen LogP contribution in [0.2, 0.25) is 0 Å². The molecule has 1 aromatic carbocycles. The maximum atomic E-state index is 13.3. The number of imidazole rings is 1. The van der Waals surface area contributed by atoms with E-state index in [0.717, 1.165) is 56.6 Å². The molecule has 1 saturated heterocycles. The van der Waals surface area contributed by atoms with Crippen LogP contribution in [0.4, 0.5) is 0 Å². The number of likely N-dealkylation sites (tertiary alicyclic amines) is 1. The van der Waals surface area contributed by atoms with Crippen LogP contribution in [0.1, 0.15) is 67.9 Å². The van der Waals surface area contributed by atoms with Gasteiger partial charge in [0.25, 0.3) is 0 Å². The van der Waals surface area contributed by atoms with E-state index >= 15 is 0 Å². The van der Waals surface area contributed by atoms with Crippen molar-refractivity contribution in [1.29, 1.82) is 0 Å². The SMILES string of the molecule is COc1ccc(C2(C(=O)N3CCC(CCn4c(C)cnc4C4CC4)CC3)CC2)cc1. The topological polar surface area (TPSA) is 47.4 Å². The van der Waals surface area contributed by atoms with Gasteiger partial charge in [-0.15, -0.1) is 0 Å². The van der Waals surface area contributed by atoms with E-state index in [1.807, 2.05) is 18.3 Å². The number of amides is 1. The zero-order chi connectivity index (χ0) is 20.7. The minimum Gasteiger partial charge on any atom is -0.497 e. The molecule has 0 spiro atoms. The summed E-state index contributed by atoms with van der Waals surface area (Å²) in [4.78, 5) is 20.1. The van der Waals surface area contributed by atoms with E-state index in [0.29, 0.717) is 17.7 Å². The van der Waals surface area contributed by atoms with Crippen LogP contribution in [0.15, 0.2) is 30.5 Å². The minimum absolute atomic E-state index is 0.272. The molecule has 2 aliphatic carbocycles. The predicted molar refractivity (Wildman–Crippen MR) is 117 cm³/mol. The molecule has 0 radical (unpaired) electrons. The van der Waals surface area contributed by atoms with Gasteiger partial charge in [-0.3, -0.25) is 4.79 Å². The van der Waals surface area contributed by atoms with Crippen molar-refractivity contribution in [3.05, 3.63) is 47.5 Å². The van der Waals surface area contributed by atoms with Crippen LogP contribution >= 0.6 is 0 Å². The largest absolute Gasteiger partial charge is 0.497 e. The number of carbonyl (C=O) groups excluding carboxylic acids is 1. The van der Waals surface area contributed by atoms with Crippen LogP contribution < -0.4 is 4.74 Å². The van der Waals surface area contributed by atoms with Gasteiger partial charge in [-0.25, -0.2) is 4.98 Å². The highest BCUT2D eigenvalue weighted by molar-refractivity contribution is 5.91. The second kappa shape index (κ2) is 7.75. The van der Waals surface area contributed by atoms with E-state index in [9.17, 15) is 4.79 Å². The minimum atomic E-state index is -0.272. The van der Waals surface area contributed by atoms with Gasteiger partial charge in [0.05, 0.1) is 12.5 Å². The second-order valence-electron chi connectivity index (χ2n) is 9.52. The summed E-state index contributed by atoms with van der Waals surface area (Å²) in [7, 11) is 1.68. The van der Waals surface area contributed by atoms with Gasteiger partial charge < -0.3 is 14.2 Å². The third-order valence-electron chi connectivity index (χ3n) is 7.49. The number of benzene rings is 1. The van der Waals surface area contributed by atoms with Crippen molar-refractivity contribution in [2.45, 2.75) is 69.7 Å². The quantitative estimate of drug-likeness (QED) is 0.682. The van der Waals surface area contributed by atoms with Crippen molar-refractivity contribution in [1.82, 2.24) is 14.5 Å². The lowest BCUT2D eigenvalue weighted by atomic mass is 9.90. The van der Waals surface area contributed by atoms with Gasteiger partial charge >= 0.3 is 0 Å². The molecule has 1 aliphatic heterocycles. The summed E-state index contributed by atoms with van der Waals surface area (Å²) in [5.41, 5.74) is 2.17.